The van der Waals surface area contributed by atoms with Crippen molar-refractivity contribution in [3.05, 3.63) is 96.3 Å². The zero-order valence-electron chi connectivity index (χ0n) is 24.4. The van der Waals surface area contributed by atoms with Crippen LogP contribution >= 0.6 is 0 Å². The molecule has 0 atom stereocenters. The van der Waals surface area contributed by atoms with Crippen molar-refractivity contribution in [3.8, 4) is 5.69 Å². The molecule has 0 saturated carbocycles. The van der Waals surface area contributed by atoms with Gasteiger partial charge in [0.05, 0.1) is 16.9 Å². The number of rotatable bonds is 7. The van der Waals surface area contributed by atoms with Crippen LogP contribution in [0.1, 0.15) is 45.4 Å². The van der Waals surface area contributed by atoms with Gasteiger partial charge in [0.1, 0.15) is 5.82 Å². The molecule has 2 aromatic heterocycles. The molecule has 9 heteroatoms. The molecule has 3 aromatic carbocycles. The molecule has 0 aliphatic rings. The number of urea groups is 1. The molecule has 3 amide bonds. The van der Waals surface area contributed by atoms with Gasteiger partial charge in [0.2, 0.25) is 5.91 Å². The monoisotopic (exact) mass is 561 g/mol. The van der Waals surface area contributed by atoms with Gasteiger partial charge in [-0.1, -0.05) is 51.5 Å². The van der Waals surface area contributed by atoms with Gasteiger partial charge >= 0.3 is 6.03 Å². The fraction of sp³-hybridized carbons (Fsp3) is 0.212. The number of fused-ring (bicyclic) bond motifs is 1. The van der Waals surface area contributed by atoms with Crippen LogP contribution in [0.3, 0.4) is 0 Å². The maximum absolute atomic E-state index is 13.1. The van der Waals surface area contributed by atoms with Crippen LogP contribution in [0.15, 0.2) is 85.1 Å². The highest BCUT2D eigenvalue weighted by Gasteiger charge is 2.21. The Balaban J connectivity index is 1.35. The van der Waals surface area contributed by atoms with Gasteiger partial charge < -0.3 is 16.0 Å². The number of nitrogens with zero attached hydrogens (tertiary/aromatic N) is 3. The number of pyridine rings is 1. The smallest absolute Gasteiger partial charge is 0.324 e. The van der Waals surface area contributed by atoms with Crippen LogP contribution in [0.4, 0.5) is 33.4 Å². The predicted octanol–water partition coefficient (Wildman–Crippen LogP) is 7.76. The minimum absolute atomic E-state index is 0.0543. The normalized spacial score (nSPS) is 11.3. The number of aryl methyl sites for hydroxylation is 1. The lowest BCUT2D eigenvalue weighted by Gasteiger charge is -2.14. The number of hydrogen-bond acceptors (Lipinski definition) is 5. The Kier molecular flexibility index (Phi) is 7.93. The first kappa shape index (κ1) is 28.4. The van der Waals surface area contributed by atoms with Crippen molar-refractivity contribution in [2.24, 2.45) is 0 Å². The zero-order chi connectivity index (χ0) is 29.9. The molecule has 9 nitrogen and oxygen atoms in total. The Morgan fingerprint density at radius 2 is 1.57 bits per heavy atom. The highest BCUT2D eigenvalue weighted by molar-refractivity contribution is 6.01. The summed E-state index contributed by atoms with van der Waals surface area (Å²) in [5.41, 5.74) is 6.40. The van der Waals surface area contributed by atoms with E-state index in [4.69, 9.17) is 5.10 Å². The highest BCUT2D eigenvalue weighted by atomic mass is 16.2. The Morgan fingerprint density at radius 3 is 2.31 bits per heavy atom. The summed E-state index contributed by atoms with van der Waals surface area (Å²) in [5, 5.41) is 17.9. The molecule has 42 heavy (non-hydrogen) atoms. The molecule has 0 radical (unpaired) electrons. The third kappa shape index (κ3) is 6.58. The number of nitrogens with one attached hydrogen (secondary N) is 4. The van der Waals surface area contributed by atoms with Gasteiger partial charge in [-0.25, -0.2) is 9.48 Å². The summed E-state index contributed by atoms with van der Waals surface area (Å²) < 4.78 is 1.75. The van der Waals surface area contributed by atoms with Gasteiger partial charge in [-0.05, 0) is 61.5 Å². The molecule has 4 N–H and O–H groups in total. The van der Waals surface area contributed by atoms with Gasteiger partial charge in [0.25, 0.3) is 0 Å². The molecule has 5 aromatic rings. The Morgan fingerprint density at radius 1 is 0.833 bits per heavy atom. The molecule has 0 fully saturated rings. The van der Waals surface area contributed by atoms with Crippen molar-refractivity contribution in [2.45, 2.75) is 46.5 Å². The number of carbonyl (C=O) groups is 2. The van der Waals surface area contributed by atoms with Crippen molar-refractivity contribution in [1.29, 1.82) is 0 Å². The number of amides is 3. The van der Waals surface area contributed by atoms with Gasteiger partial charge in [0, 0.05) is 52.2 Å². The van der Waals surface area contributed by atoms with Crippen LogP contribution in [0, 0.1) is 6.92 Å². The molecule has 2 heterocycles. The lowest BCUT2D eigenvalue weighted by atomic mass is 9.92. The van der Waals surface area contributed by atoms with E-state index in [9.17, 15) is 9.59 Å². The minimum Gasteiger partial charge on any atom is -0.355 e. The average Bonchev–Trinajstić information content (AvgIpc) is 3.38. The number of hydrogen-bond donors (Lipinski definition) is 4. The molecular weight excluding hydrogens is 526 g/mol. The van der Waals surface area contributed by atoms with Crippen molar-refractivity contribution in [1.82, 2.24) is 14.8 Å². The molecule has 0 spiro atoms. The van der Waals surface area contributed by atoms with E-state index in [-0.39, 0.29) is 17.4 Å². The molecule has 214 valence electrons. The molecular formula is C33H35N7O2. The summed E-state index contributed by atoms with van der Waals surface area (Å²) in [7, 11) is 0. The van der Waals surface area contributed by atoms with E-state index < -0.39 is 0 Å². The number of anilines is 5. The first-order chi connectivity index (χ1) is 20.1. The van der Waals surface area contributed by atoms with Gasteiger partial charge in [-0.2, -0.15) is 5.10 Å². The Labute approximate surface area is 245 Å². The maximum atomic E-state index is 13.1. The Bertz CT molecular complexity index is 1750. The summed E-state index contributed by atoms with van der Waals surface area (Å²) in [6.07, 6.45) is 2.13. The van der Waals surface area contributed by atoms with E-state index in [1.54, 1.807) is 10.9 Å². The molecule has 0 aliphatic heterocycles. The van der Waals surface area contributed by atoms with Crippen molar-refractivity contribution >= 4 is 51.4 Å². The number of benzene rings is 3. The molecule has 0 aliphatic carbocycles. The second-order valence-electron chi connectivity index (χ2n) is 11.2. The SMILES string of the molecule is CCC(=O)Nc1ccc2nccc(Nc3cccc(NC(=O)Nc4cc(C(C)(C)C)nn4-c4ccc(C)cc4)c3)c2c1. The summed E-state index contributed by atoms with van der Waals surface area (Å²) in [5.74, 6) is 0.520. The topological polar surface area (TPSA) is 113 Å². The first-order valence-corrected chi connectivity index (χ1v) is 13.9. The highest BCUT2D eigenvalue weighted by Crippen LogP contribution is 2.29. The average molecular weight is 562 g/mol. The lowest BCUT2D eigenvalue weighted by molar-refractivity contribution is -0.115. The van der Waals surface area contributed by atoms with E-state index in [1.807, 2.05) is 92.7 Å². The van der Waals surface area contributed by atoms with E-state index in [2.05, 4.69) is 47.0 Å². The molecule has 5 rings (SSSR count). The summed E-state index contributed by atoms with van der Waals surface area (Å²) in [6.45, 7) is 10.1. The second kappa shape index (κ2) is 11.7. The van der Waals surface area contributed by atoms with Crippen LogP contribution in [-0.4, -0.2) is 26.7 Å². The molecule has 0 unspecified atom stereocenters. The zero-order valence-corrected chi connectivity index (χ0v) is 24.4. The fourth-order valence-corrected chi connectivity index (χ4v) is 4.41. The first-order valence-electron chi connectivity index (χ1n) is 13.9. The molecule has 0 saturated heterocycles. The van der Waals surface area contributed by atoms with E-state index in [0.29, 0.717) is 23.6 Å². The summed E-state index contributed by atoms with van der Waals surface area (Å²) in [4.78, 5) is 29.5. The lowest BCUT2D eigenvalue weighted by Crippen LogP contribution is -2.21. The quantitative estimate of drug-likeness (QED) is 0.162. The van der Waals surface area contributed by atoms with Crippen molar-refractivity contribution < 1.29 is 9.59 Å². The predicted molar refractivity (Wildman–Crippen MR) is 170 cm³/mol. The minimum atomic E-state index is -0.383. The van der Waals surface area contributed by atoms with Gasteiger partial charge in [-0.15, -0.1) is 0 Å². The van der Waals surface area contributed by atoms with E-state index in [0.717, 1.165) is 39.2 Å². The van der Waals surface area contributed by atoms with Crippen LogP contribution in [0.25, 0.3) is 16.6 Å². The van der Waals surface area contributed by atoms with Crippen molar-refractivity contribution in [2.75, 3.05) is 21.3 Å². The number of aromatic nitrogens is 3. The van der Waals surface area contributed by atoms with E-state index >= 15 is 0 Å². The maximum Gasteiger partial charge on any atom is 0.324 e. The van der Waals surface area contributed by atoms with Gasteiger partial charge in [0.15, 0.2) is 0 Å². The largest absolute Gasteiger partial charge is 0.355 e. The van der Waals surface area contributed by atoms with Crippen LogP contribution in [-0.2, 0) is 10.2 Å². The summed E-state index contributed by atoms with van der Waals surface area (Å²) in [6, 6.07) is 24.5. The van der Waals surface area contributed by atoms with E-state index in [1.165, 1.54) is 0 Å². The third-order valence-electron chi connectivity index (χ3n) is 6.74. The summed E-state index contributed by atoms with van der Waals surface area (Å²) >= 11 is 0. The third-order valence-corrected chi connectivity index (χ3v) is 6.74. The van der Waals surface area contributed by atoms with Crippen molar-refractivity contribution in [3.63, 3.8) is 0 Å². The number of carbonyl (C=O) groups excluding carboxylic acids is 2. The standard InChI is InChI=1S/C33H35N7O2/c1-6-31(41)36-24-12-15-27-26(19-24)28(16-17-34-27)35-22-8-7-9-23(18-22)37-32(42)38-30-20-29(33(3,4)5)39-40(30)25-13-10-21(2)11-14-25/h7-20H,6H2,1-5H3,(H,34,35)(H,36,41)(H2,37,38,42). The Hall–Kier alpha value is -5.18. The fourth-order valence-electron chi connectivity index (χ4n) is 4.41. The van der Waals surface area contributed by atoms with Crippen LogP contribution < -0.4 is 21.3 Å². The van der Waals surface area contributed by atoms with Gasteiger partial charge in [-0.3, -0.25) is 15.1 Å². The second-order valence-corrected chi connectivity index (χ2v) is 11.2. The van der Waals surface area contributed by atoms with Crippen LogP contribution in [0.2, 0.25) is 0 Å². The van der Waals surface area contributed by atoms with Crippen LogP contribution in [0.5, 0.6) is 0 Å². The molecule has 0 bridgehead atoms.